The Balaban J connectivity index is 2.24. The number of aryl methyl sites for hydroxylation is 1. The lowest BCUT2D eigenvalue weighted by atomic mass is 10.0. The van der Waals surface area contributed by atoms with Crippen molar-refractivity contribution in [1.82, 2.24) is 10.3 Å². The minimum Gasteiger partial charge on any atom is -0.370 e. The van der Waals surface area contributed by atoms with Gasteiger partial charge < -0.3 is 11.1 Å². The first-order valence-corrected chi connectivity index (χ1v) is 6.81. The molecule has 2 aromatic rings. The van der Waals surface area contributed by atoms with Gasteiger partial charge in [0.2, 0.25) is 5.91 Å². The van der Waals surface area contributed by atoms with Gasteiger partial charge in [0, 0.05) is 24.5 Å². The minimum atomic E-state index is -0.325. The summed E-state index contributed by atoms with van der Waals surface area (Å²) in [6, 6.07) is 7.32. The molecule has 0 bridgehead atoms. The van der Waals surface area contributed by atoms with Crippen molar-refractivity contribution in [3.05, 3.63) is 36.0 Å². The molecule has 1 aromatic heterocycles. The van der Waals surface area contributed by atoms with Gasteiger partial charge in [0.1, 0.15) is 5.82 Å². The van der Waals surface area contributed by atoms with E-state index in [1.54, 1.807) is 12.3 Å². The van der Waals surface area contributed by atoms with E-state index >= 15 is 0 Å². The molecule has 0 spiro atoms. The molecule has 0 unspecified atom stereocenters. The van der Waals surface area contributed by atoms with Gasteiger partial charge in [-0.3, -0.25) is 10.1 Å². The van der Waals surface area contributed by atoms with Crippen LogP contribution in [0.3, 0.4) is 0 Å². The number of aromatic nitrogens is 1. The third kappa shape index (κ3) is 3.92. The zero-order chi connectivity index (χ0) is 15.2. The number of amides is 3. The molecule has 0 aliphatic rings. The Hall–Kier alpha value is -2.63. The molecule has 3 amide bonds. The van der Waals surface area contributed by atoms with Gasteiger partial charge in [-0.25, -0.2) is 9.78 Å². The number of hydrogen-bond donors (Lipinski definition) is 3. The van der Waals surface area contributed by atoms with Gasteiger partial charge >= 0.3 is 6.03 Å². The molecular formula is C15H18N4O2. The number of primary amides is 1. The van der Waals surface area contributed by atoms with E-state index in [0.29, 0.717) is 25.2 Å². The zero-order valence-corrected chi connectivity index (χ0v) is 11.8. The standard InChI is InChI=1S/C15H18N4O2/c1-2-17-15(21)19-14-8-11-5-3-4-10(6-7-13(16)20)12(11)9-18-14/h3-5,8-9H,2,6-7H2,1H3,(H2,16,20)(H2,17,18,19,21). The summed E-state index contributed by atoms with van der Waals surface area (Å²) in [6.45, 7) is 2.40. The van der Waals surface area contributed by atoms with Crippen molar-refractivity contribution in [2.45, 2.75) is 19.8 Å². The van der Waals surface area contributed by atoms with Gasteiger partial charge in [0.15, 0.2) is 0 Å². The smallest absolute Gasteiger partial charge is 0.320 e. The normalized spacial score (nSPS) is 10.3. The predicted molar refractivity (Wildman–Crippen MR) is 82.0 cm³/mol. The topological polar surface area (TPSA) is 97.1 Å². The number of nitrogens with zero attached hydrogens (tertiary/aromatic N) is 1. The van der Waals surface area contributed by atoms with Crippen molar-refractivity contribution in [2.24, 2.45) is 5.73 Å². The molecule has 0 aliphatic heterocycles. The molecule has 110 valence electrons. The van der Waals surface area contributed by atoms with Crippen molar-refractivity contribution < 1.29 is 9.59 Å². The summed E-state index contributed by atoms with van der Waals surface area (Å²) in [6.07, 6.45) is 2.59. The first-order valence-electron chi connectivity index (χ1n) is 6.81. The number of pyridine rings is 1. The lowest BCUT2D eigenvalue weighted by molar-refractivity contribution is -0.117. The molecule has 0 fully saturated rings. The molecule has 6 nitrogen and oxygen atoms in total. The number of nitrogens with one attached hydrogen (secondary N) is 2. The number of rotatable bonds is 5. The van der Waals surface area contributed by atoms with Crippen LogP contribution < -0.4 is 16.4 Å². The van der Waals surface area contributed by atoms with Gasteiger partial charge in [0.25, 0.3) is 0 Å². The van der Waals surface area contributed by atoms with Crippen LogP contribution in [0.4, 0.5) is 10.6 Å². The average Bonchev–Trinajstić information content (AvgIpc) is 2.44. The number of carbonyl (C=O) groups is 2. The fourth-order valence-corrected chi connectivity index (χ4v) is 2.10. The molecule has 0 radical (unpaired) electrons. The number of carbonyl (C=O) groups excluding carboxylic acids is 2. The molecule has 0 saturated carbocycles. The van der Waals surface area contributed by atoms with Gasteiger partial charge in [-0.15, -0.1) is 0 Å². The Morgan fingerprint density at radius 2 is 2.14 bits per heavy atom. The molecule has 0 saturated heterocycles. The summed E-state index contributed by atoms with van der Waals surface area (Å²) in [7, 11) is 0. The lowest BCUT2D eigenvalue weighted by Gasteiger charge is -2.08. The van der Waals surface area contributed by atoms with Crippen molar-refractivity contribution in [3.63, 3.8) is 0 Å². The van der Waals surface area contributed by atoms with Crippen LogP contribution in [0.15, 0.2) is 30.5 Å². The number of urea groups is 1. The molecule has 0 aliphatic carbocycles. The third-order valence-corrected chi connectivity index (χ3v) is 3.07. The van der Waals surface area contributed by atoms with Crippen molar-refractivity contribution in [3.8, 4) is 0 Å². The highest BCUT2D eigenvalue weighted by Crippen LogP contribution is 2.21. The molecular weight excluding hydrogens is 268 g/mol. The number of nitrogens with two attached hydrogens (primary N) is 1. The van der Waals surface area contributed by atoms with Gasteiger partial charge in [0.05, 0.1) is 0 Å². The zero-order valence-electron chi connectivity index (χ0n) is 11.8. The van der Waals surface area contributed by atoms with Gasteiger partial charge in [-0.1, -0.05) is 18.2 Å². The molecule has 2 rings (SSSR count). The minimum absolute atomic E-state index is 0.283. The maximum Gasteiger partial charge on any atom is 0.320 e. The second-order valence-corrected chi connectivity index (χ2v) is 4.66. The van der Waals surface area contributed by atoms with Crippen LogP contribution in [-0.4, -0.2) is 23.5 Å². The third-order valence-electron chi connectivity index (χ3n) is 3.07. The summed E-state index contributed by atoms with van der Waals surface area (Å²) < 4.78 is 0. The molecule has 0 atom stereocenters. The Morgan fingerprint density at radius 1 is 1.33 bits per heavy atom. The van der Waals surface area contributed by atoms with Crippen LogP contribution in [0.25, 0.3) is 10.8 Å². The van der Waals surface area contributed by atoms with E-state index < -0.39 is 0 Å². The average molecular weight is 286 g/mol. The van der Waals surface area contributed by atoms with E-state index in [0.717, 1.165) is 16.3 Å². The van der Waals surface area contributed by atoms with E-state index in [2.05, 4.69) is 15.6 Å². The molecule has 1 heterocycles. The fraction of sp³-hybridized carbons (Fsp3) is 0.267. The van der Waals surface area contributed by atoms with Gasteiger partial charge in [-0.2, -0.15) is 0 Å². The molecule has 21 heavy (non-hydrogen) atoms. The number of fused-ring (bicyclic) bond motifs is 1. The number of anilines is 1. The van der Waals surface area contributed by atoms with E-state index in [1.807, 2.05) is 25.1 Å². The van der Waals surface area contributed by atoms with Crippen molar-refractivity contribution in [2.75, 3.05) is 11.9 Å². The summed E-state index contributed by atoms with van der Waals surface area (Å²) in [5.41, 5.74) is 6.20. The maximum absolute atomic E-state index is 11.5. The second kappa shape index (κ2) is 6.69. The van der Waals surface area contributed by atoms with Crippen LogP contribution in [0.5, 0.6) is 0 Å². The highest BCUT2D eigenvalue weighted by Gasteiger charge is 2.06. The number of hydrogen-bond acceptors (Lipinski definition) is 3. The van der Waals surface area contributed by atoms with E-state index in [-0.39, 0.29) is 11.9 Å². The van der Waals surface area contributed by atoms with Crippen LogP contribution in [0, 0.1) is 0 Å². The van der Waals surface area contributed by atoms with E-state index in [9.17, 15) is 9.59 Å². The monoisotopic (exact) mass is 286 g/mol. The highest BCUT2D eigenvalue weighted by molar-refractivity contribution is 5.92. The van der Waals surface area contributed by atoms with Gasteiger partial charge in [-0.05, 0) is 30.4 Å². The summed E-state index contributed by atoms with van der Waals surface area (Å²) >= 11 is 0. The Kier molecular flexibility index (Phi) is 4.71. The van der Waals surface area contributed by atoms with Crippen LogP contribution in [0.2, 0.25) is 0 Å². The summed E-state index contributed by atoms with van der Waals surface area (Å²) in [4.78, 5) is 26.6. The van der Waals surface area contributed by atoms with E-state index in [1.165, 1.54) is 0 Å². The van der Waals surface area contributed by atoms with Crippen LogP contribution in [0.1, 0.15) is 18.9 Å². The van der Waals surface area contributed by atoms with Crippen LogP contribution >= 0.6 is 0 Å². The Morgan fingerprint density at radius 3 is 2.86 bits per heavy atom. The van der Waals surface area contributed by atoms with Crippen molar-refractivity contribution >= 4 is 28.5 Å². The lowest BCUT2D eigenvalue weighted by Crippen LogP contribution is -2.28. The maximum atomic E-state index is 11.5. The molecule has 1 aromatic carbocycles. The fourth-order valence-electron chi connectivity index (χ4n) is 2.10. The summed E-state index contributed by atoms with van der Waals surface area (Å²) in [5, 5.41) is 7.23. The van der Waals surface area contributed by atoms with E-state index in [4.69, 9.17) is 5.73 Å². The highest BCUT2D eigenvalue weighted by atomic mass is 16.2. The van der Waals surface area contributed by atoms with Crippen molar-refractivity contribution in [1.29, 1.82) is 0 Å². The van der Waals surface area contributed by atoms with Crippen LogP contribution in [-0.2, 0) is 11.2 Å². The SMILES string of the molecule is CCNC(=O)Nc1cc2cccc(CCC(N)=O)c2cn1. The Labute approximate surface area is 122 Å². The Bertz CT molecular complexity index is 670. The quantitative estimate of drug-likeness (QED) is 0.781. The number of benzene rings is 1. The first kappa shape index (κ1) is 14.8. The summed E-state index contributed by atoms with van der Waals surface area (Å²) in [5.74, 6) is 0.162. The predicted octanol–water partition coefficient (Wildman–Crippen LogP) is 1.79. The second-order valence-electron chi connectivity index (χ2n) is 4.66. The first-order chi connectivity index (χ1) is 10.1. The molecule has 6 heteroatoms. The molecule has 4 N–H and O–H groups in total. The largest absolute Gasteiger partial charge is 0.370 e.